The Balaban J connectivity index is 1.75. The molecule has 7 heteroatoms. The lowest BCUT2D eigenvalue weighted by molar-refractivity contribution is -0.115. The molecule has 126 valence electrons. The van der Waals surface area contributed by atoms with Crippen LogP contribution in [-0.2, 0) is 11.3 Å². The zero-order chi connectivity index (χ0) is 17.5. The number of hydrogen-bond donors (Lipinski definition) is 3. The quantitative estimate of drug-likeness (QED) is 0.787. The van der Waals surface area contributed by atoms with Crippen LogP contribution in [0.5, 0.6) is 0 Å². The number of carbonyl (C=O) groups is 2. The van der Waals surface area contributed by atoms with Gasteiger partial charge >= 0.3 is 6.03 Å². The molecule has 0 aliphatic heterocycles. The van der Waals surface area contributed by atoms with Crippen molar-refractivity contribution in [2.24, 2.45) is 0 Å². The Kier molecular flexibility index (Phi) is 5.83. The van der Waals surface area contributed by atoms with Gasteiger partial charge in [-0.15, -0.1) is 0 Å². The molecule has 0 bridgehead atoms. The van der Waals surface area contributed by atoms with E-state index in [1.165, 1.54) is 24.3 Å². The molecule has 2 aromatic carbocycles. The van der Waals surface area contributed by atoms with Crippen LogP contribution in [-0.4, -0.2) is 18.5 Å². The molecule has 0 spiro atoms. The zero-order valence-electron chi connectivity index (χ0n) is 13.0. The Morgan fingerprint density at radius 1 is 0.958 bits per heavy atom. The number of hydrogen-bond acceptors (Lipinski definition) is 2. The van der Waals surface area contributed by atoms with Gasteiger partial charge in [-0.25, -0.2) is 13.6 Å². The van der Waals surface area contributed by atoms with Crippen molar-refractivity contribution in [1.82, 2.24) is 10.6 Å². The SMILES string of the molecule is Cc1ccc(F)cc1NC(=O)CNC(=O)NCc1ccc(F)cc1. The fourth-order valence-electron chi connectivity index (χ4n) is 1.93. The van der Waals surface area contributed by atoms with E-state index in [9.17, 15) is 18.4 Å². The second-order valence-electron chi connectivity index (χ2n) is 5.17. The van der Waals surface area contributed by atoms with Gasteiger partial charge in [-0.1, -0.05) is 18.2 Å². The minimum absolute atomic E-state index is 0.205. The fraction of sp³-hybridized carbons (Fsp3) is 0.176. The predicted molar refractivity (Wildman–Crippen MR) is 86.4 cm³/mol. The van der Waals surface area contributed by atoms with Gasteiger partial charge in [0.1, 0.15) is 11.6 Å². The minimum Gasteiger partial charge on any atom is -0.334 e. The molecule has 0 aliphatic carbocycles. The number of amides is 3. The first kappa shape index (κ1) is 17.4. The largest absolute Gasteiger partial charge is 0.334 e. The van der Waals surface area contributed by atoms with Crippen LogP contribution in [0, 0.1) is 18.6 Å². The highest BCUT2D eigenvalue weighted by Crippen LogP contribution is 2.15. The van der Waals surface area contributed by atoms with Crippen molar-refractivity contribution in [3.05, 3.63) is 65.2 Å². The first-order chi connectivity index (χ1) is 11.4. The summed E-state index contributed by atoms with van der Waals surface area (Å²) in [5, 5.41) is 7.46. The van der Waals surface area contributed by atoms with E-state index < -0.39 is 17.8 Å². The van der Waals surface area contributed by atoms with Crippen LogP contribution in [0.25, 0.3) is 0 Å². The van der Waals surface area contributed by atoms with Gasteiger partial charge in [0, 0.05) is 12.2 Å². The summed E-state index contributed by atoms with van der Waals surface area (Å²) >= 11 is 0. The molecule has 0 aliphatic rings. The average Bonchev–Trinajstić information content (AvgIpc) is 2.56. The van der Waals surface area contributed by atoms with Crippen molar-refractivity contribution in [3.63, 3.8) is 0 Å². The minimum atomic E-state index is -0.537. The number of rotatable bonds is 5. The van der Waals surface area contributed by atoms with Crippen LogP contribution < -0.4 is 16.0 Å². The summed E-state index contributed by atoms with van der Waals surface area (Å²) in [5.74, 6) is -1.28. The van der Waals surface area contributed by atoms with E-state index in [2.05, 4.69) is 16.0 Å². The number of anilines is 1. The van der Waals surface area contributed by atoms with Gasteiger partial charge < -0.3 is 16.0 Å². The maximum absolute atomic E-state index is 13.1. The van der Waals surface area contributed by atoms with Crippen LogP contribution in [0.15, 0.2) is 42.5 Å². The summed E-state index contributed by atoms with van der Waals surface area (Å²) in [7, 11) is 0. The Morgan fingerprint density at radius 2 is 1.62 bits per heavy atom. The lowest BCUT2D eigenvalue weighted by Crippen LogP contribution is -2.39. The van der Waals surface area contributed by atoms with Crippen LogP contribution in [0.4, 0.5) is 19.3 Å². The Bertz CT molecular complexity index is 733. The van der Waals surface area contributed by atoms with Crippen LogP contribution in [0.2, 0.25) is 0 Å². The van der Waals surface area contributed by atoms with E-state index in [0.717, 1.165) is 5.56 Å². The molecule has 0 radical (unpaired) electrons. The lowest BCUT2D eigenvalue weighted by Gasteiger charge is -2.10. The number of aryl methyl sites for hydroxylation is 1. The number of carbonyl (C=O) groups excluding carboxylic acids is 2. The van der Waals surface area contributed by atoms with Crippen molar-refractivity contribution in [2.45, 2.75) is 13.5 Å². The zero-order valence-corrected chi connectivity index (χ0v) is 13.0. The molecule has 2 rings (SSSR count). The molecule has 0 unspecified atom stereocenters. The third-order valence-electron chi connectivity index (χ3n) is 3.25. The van der Waals surface area contributed by atoms with Crippen molar-refractivity contribution in [2.75, 3.05) is 11.9 Å². The summed E-state index contributed by atoms with van der Waals surface area (Å²) in [6, 6.07) is 9.21. The topological polar surface area (TPSA) is 70.2 Å². The predicted octanol–water partition coefficient (Wildman–Crippen LogP) is 2.71. The average molecular weight is 333 g/mol. The van der Waals surface area contributed by atoms with Crippen LogP contribution in [0.1, 0.15) is 11.1 Å². The van der Waals surface area contributed by atoms with Crippen LogP contribution in [0.3, 0.4) is 0 Å². The molecular weight excluding hydrogens is 316 g/mol. The normalized spacial score (nSPS) is 10.1. The van der Waals surface area contributed by atoms with Gasteiger partial charge in [0.05, 0.1) is 6.54 Å². The van der Waals surface area contributed by atoms with E-state index in [4.69, 9.17) is 0 Å². The summed E-state index contributed by atoms with van der Waals surface area (Å²) in [5.41, 5.74) is 1.80. The Labute approximate surface area is 138 Å². The highest BCUT2D eigenvalue weighted by molar-refractivity contribution is 5.94. The summed E-state index contributed by atoms with van der Waals surface area (Å²) in [6.45, 7) is 1.68. The van der Waals surface area contributed by atoms with E-state index in [1.54, 1.807) is 25.1 Å². The van der Waals surface area contributed by atoms with Crippen molar-refractivity contribution < 1.29 is 18.4 Å². The third-order valence-corrected chi connectivity index (χ3v) is 3.25. The smallest absolute Gasteiger partial charge is 0.315 e. The summed E-state index contributed by atoms with van der Waals surface area (Å²) < 4.78 is 25.9. The summed E-state index contributed by atoms with van der Waals surface area (Å²) in [6.07, 6.45) is 0. The second kappa shape index (κ2) is 8.05. The highest BCUT2D eigenvalue weighted by atomic mass is 19.1. The van der Waals surface area contributed by atoms with Gasteiger partial charge in [-0.3, -0.25) is 4.79 Å². The molecule has 0 atom stereocenters. The molecule has 24 heavy (non-hydrogen) atoms. The summed E-state index contributed by atoms with van der Waals surface area (Å²) in [4.78, 5) is 23.4. The molecule has 0 saturated carbocycles. The first-order valence-electron chi connectivity index (χ1n) is 7.26. The van der Waals surface area contributed by atoms with E-state index in [-0.39, 0.29) is 18.9 Å². The number of benzene rings is 2. The Hall–Kier alpha value is -2.96. The maximum atomic E-state index is 13.1. The van der Waals surface area contributed by atoms with Crippen LogP contribution >= 0.6 is 0 Å². The fourth-order valence-corrected chi connectivity index (χ4v) is 1.93. The van der Waals surface area contributed by atoms with E-state index in [1.807, 2.05) is 0 Å². The third kappa shape index (κ3) is 5.35. The maximum Gasteiger partial charge on any atom is 0.315 e. The molecular formula is C17H17F2N3O2. The van der Waals surface area contributed by atoms with Gasteiger partial charge in [-0.05, 0) is 42.3 Å². The van der Waals surface area contributed by atoms with Gasteiger partial charge in [0.2, 0.25) is 5.91 Å². The molecule has 0 saturated heterocycles. The van der Waals surface area contributed by atoms with Gasteiger partial charge in [0.15, 0.2) is 0 Å². The van der Waals surface area contributed by atoms with Gasteiger partial charge in [-0.2, -0.15) is 0 Å². The number of nitrogens with one attached hydrogen (secondary N) is 3. The highest BCUT2D eigenvalue weighted by Gasteiger charge is 2.08. The molecule has 0 heterocycles. The van der Waals surface area contributed by atoms with E-state index in [0.29, 0.717) is 11.3 Å². The standard InChI is InChI=1S/C17H17F2N3O2/c1-11-2-5-14(19)8-15(11)22-16(23)10-21-17(24)20-9-12-3-6-13(18)7-4-12/h2-8H,9-10H2,1H3,(H,22,23)(H2,20,21,24). The molecule has 3 N–H and O–H groups in total. The first-order valence-corrected chi connectivity index (χ1v) is 7.26. The number of halogens is 2. The number of urea groups is 1. The lowest BCUT2D eigenvalue weighted by atomic mass is 10.2. The molecule has 0 fully saturated rings. The Morgan fingerprint density at radius 3 is 2.33 bits per heavy atom. The van der Waals surface area contributed by atoms with Gasteiger partial charge in [0.25, 0.3) is 0 Å². The molecule has 2 aromatic rings. The second-order valence-corrected chi connectivity index (χ2v) is 5.17. The molecule has 0 aromatic heterocycles. The van der Waals surface area contributed by atoms with E-state index >= 15 is 0 Å². The monoisotopic (exact) mass is 333 g/mol. The molecule has 5 nitrogen and oxygen atoms in total. The molecule has 3 amide bonds. The van der Waals surface area contributed by atoms with Crippen molar-refractivity contribution in [1.29, 1.82) is 0 Å². The van der Waals surface area contributed by atoms with Crippen molar-refractivity contribution >= 4 is 17.6 Å². The van der Waals surface area contributed by atoms with Crippen molar-refractivity contribution in [3.8, 4) is 0 Å².